The second-order valence-electron chi connectivity index (χ2n) is 9.84. The van der Waals surface area contributed by atoms with Crippen LogP contribution in [-0.4, -0.2) is 55.6 Å². The van der Waals surface area contributed by atoms with E-state index in [1.165, 1.54) is 6.07 Å². The summed E-state index contributed by atoms with van der Waals surface area (Å²) in [5.74, 6) is 1.32. The number of aromatic nitrogens is 4. The monoisotopic (exact) mass is 508 g/mol. The highest BCUT2D eigenvalue weighted by molar-refractivity contribution is 6.21. The Morgan fingerprint density at radius 2 is 1.87 bits per heavy atom. The Bertz CT molecular complexity index is 1570. The van der Waals surface area contributed by atoms with Crippen molar-refractivity contribution in [3.63, 3.8) is 0 Å². The number of carbonyl (C=O) groups excluding carboxylic acids is 1. The largest absolute Gasteiger partial charge is 0.340 e. The summed E-state index contributed by atoms with van der Waals surface area (Å²) in [6, 6.07) is 16.7. The Morgan fingerprint density at radius 1 is 1.05 bits per heavy atom. The van der Waals surface area contributed by atoms with Crippen molar-refractivity contribution in [1.29, 1.82) is 0 Å². The van der Waals surface area contributed by atoms with Crippen LogP contribution in [0.25, 0.3) is 11.3 Å². The Balaban J connectivity index is 1.29. The molecule has 4 aromatic rings. The van der Waals surface area contributed by atoms with Gasteiger partial charge in [0.25, 0.3) is 5.91 Å². The summed E-state index contributed by atoms with van der Waals surface area (Å²) in [7, 11) is 1.78. The number of amides is 1. The zero-order valence-electron chi connectivity index (χ0n) is 20.8. The summed E-state index contributed by atoms with van der Waals surface area (Å²) in [6.45, 7) is 0.433. The molecule has 10 heteroatoms. The zero-order chi connectivity index (χ0) is 25.8. The van der Waals surface area contributed by atoms with E-state index >= 15 is 0 Å². The van der Waals surface area contributed by atoms with Crippen molar-refractivity contribution in [1.82, 2.24) is 24.6 Å². The van der Waals surface area contributed by atoms with Crippen LogP contribution in [0.2, 0.25) is 0 Å². The van der Waals surface area contributed by atoms with Crippen LogP contribution in [0.15, 0.2) is 72.0 Å². The molecule has 1 aliphatic carbocycles. The zero-order valence-corrected chi connectivity index (χ0v) is 20.8. The summed E-state index contributed by atoms with van der Waals surface area (Å²) in [5.41, 5.74) is 3.73. The lowest BCUT2D eigenvalue weighted by Gasteiger charge is -2.34. The summed E-state index contributed by atoms with van der Waals surface area (Å²) in [5, 5.41) is 8.43. The second-order valence-corrected chi connectivity index (χ2v) is 9.84. The molecule has 0 saturated heterocycles. The standard InChI is InChI=1S/C28H25FN8O/c1-35-27(38)24-25(31-19-12-14-30-15-13-19)36(34-26(24)37-22-6-2-5-21(22)33-28(35)37)16-17-8-10-18(11-9-17)20-4-3-7-23(29)32-20/h3-4,7-15,21-22H,2,5-6,16H2,1H3,(H,30,31)/t21-,22+/m1/s1. The maximum Gasteiger partial charge on any atom is 0.267 e. The number of halogens is 1. The first kappa shape index (κ1) is 22.6. The first-order valence-corrected chi connectivity index (χ1v) is 12.7. The number of benzene rings is 1. The molecule has 1 amide bonds. The highest BCUT2D eigenvalue weighted by Gasteiger charge is 2.49. The van der Waals surface area contributed by atoms with E-state index in [0.717, 1.165) is 36.1 Å². The number of guanidine groups is 1. The van der Waals surface area contributed by atoms with Gasteiger partial charge in [-0.2, -0.15) is 9.49 Å². The molecular weight excluding hydrogens is 483 g/mol. The molecule has 2 atom stereocenters. The third kappa shape index (κ3) is 3.63. The Labute approximate surface area is 218 Å². The SMILES string of the molecule is CN1C(=O)c2c(nn(Cc3ccc(-c4cccc(F)n4)cc3)c2Nc2ccncc2)N2C1=N[C@@H]1CCC[C@@H]12. The quantitative estimate of drug-likeness (QED) is 0.401. The summed E-state index contributed by atoms with van der Waals surface area (Å²) in [6.07, 6.45) is 6.57. The van der Waals surface area contributed by atoms with Crippen LogP contribution in [0.4, 0.5) is 21.7 Å². The number of hydrogen-bond acceptors (Lipinski definition) is 7. The topological polar surface area (TPSA) is 91.5 Å². The molecule has 0 radical (unpaired) electrons. The fourth-order valence-corrected chi connectivity index (χ4v) is 5.64. The van der Waals surface area contributed by atoms with E-state index in [2.05, 4.69) is 20.2 Å². The molecule has 1 fully saturated rings. The molecule has 3 aliphatic rings. The van der Waals surface area contributed by atoms with Gasteiger partial charge in [0.15, 0.2) is 5.82 Å². The average molecular weight is 509 g/mol. The van der Waals surface area contributed by atoms with Crippen molar-refractivity contribution in [2.24, 2.45) is 4.99 Å². The van der Waals surface area contributed by atoms with Crippen LogP contribution in [0.5, 0.6) is 0 Å². The van der Waals surface area contributed by atoms with Crippen LogP contribution in [0, 0.1) is 5.95 Å². The molecule has 5 heterocycles. The normalized spacial score (nSPS) is 19.7. The lowest BCUT2D eigenvalue weighted by Crippen LogP contribution is -2.51. The van der Waals surface area contributed by atoms with Gasteiger partial charge in [0.1, 0.15) is 11.4 Å². The maximum atomic E-state index is 13.7. The third-order valence-corrected chi connectivity index (χ3v) is 7.49. The lowest BCUT2D eigenvalue weighted by atomic mass is 10.1. The maximum absolute atomic E-state index is 13.7. The fraction of sp³-hybridized carbons (Fsp3) is 0.250. The summed E-state index contributed by atoms with van der Waals surface area (Å²) >= 11 is 0. The van der Waals surface area contributed by atoms with E-state index in [1.54, 1.807) is 36.5 Å². The summed E-state index contributed by atoms with van der Waals surface area (Å²) < 4.78 is 15.5. The van der Waals surface area contributed by atoms with E-state index < -0.39 is 5.95 Å². The minimum absolute atomic E-state index is 0.134. The molecular formula is C28H25FN8O. The number of anilines is 3. The predicted molar refractivity (Wildman–Crippen MR) is 142 cm³/mol. The Kier molecular flexibility index (Phi) is 5.20. The van der Waals surface area contributed by atoms with E-state index in [4.69, 9.17) is 10.1 Å². The van der Waals surface area contributed by atoms with Crippen molar-refractivity contribution in [2.75, 3.05) is 17.3 Å². The van der Waals surface area contributed by atoms with Crippen LogP contribution in [0.3, 0.4) is 0 Å². The van der Waals surface area contributed by atoms with E-state index in [1.807, 2.05) is 41.1 Å². The Morgan fingerprint density at radius 3 is 2.66 bits per heavy atom. The van der Waals surface area contributed by atoms with Crippen LogP contribution < -0.4 is 10.2 Å². The number of hydrogen-bond donors (Lipinski definition) is 1. The van der Waals surface area contributed by atoms with Crippen molar-refractivity contribution in [3.8, 4) is 11.3 Å². The molecule has 0 spiro atoms. The average Bonchev–Trinajstić information content (AvgIpc) is 3.62. The van der Waals surface area contributed by atoms with Crippen molar-refractivity contribution in [2.45, 2.75) is 37.9 Å². The summed E-state index contributed by atoms with van der Waals surface area (Å²) in [4.78, 5) is 30.4. The van der Waals surface area contributed by atoms with Crippen LogP contribution in [-0.2, 0) is 6.54 Å². The number of rotatable bonds is 5. The second kappa shape index (κ2) is 8.76. The van der Waals surface area contributed by atoms with E-state index in [0.29, 0.717) is 35.4 Å². The van der Waals surface area contributed by atoms with Gasteiger partial charge in [0.05, 0.1) is 24.3 Å². The van der Waals surface area contributed by atoms with Gasteiger partial charge < -0.3 is 5.32 Å². The van der Waals surface area contributed by atoms with Gasteiger partial charge in [-0.15, -0.1) is 0 Å². The van der Waals surface area contributed by atoms with Gasteiger partial charge in [-0.3, -0.25) is 19.6 Å². The Hall–Kier alpha value is -4.60. The molecule has 38 heavy (non-hydrogen) atoms. The molecule has 0 bridgehead atoms. The molecule has 3 aromatic heterocycles. The van der Waals surface area contributed by atoms with Crippen molar-refractivity contribution < 1.29 is 9.18 Å². The van der Waals surface area contributed by atoms with Crippen molar-refractivity contribution in [3.05, 3.63) is 84.1 Å². The number of nitrogens with one attached hydrogen (secondary N) is 1. The van der Waals surface area contributed by atoms with Crippen LogP contribution >= 0.6 is 0 Å². The minimum Gasteiger partial charge on any atom is -0.340 e. The molecule has 1 saturated carbocycles. The molecule has 7 rings (SSSR count). The van der Waals surface area contributed by atoms with E-state index in [9.17, 15) is 9.18 Å². The molecule has 9 nitrogen and oxygen atoms in total. The van der Waals surface area contributed by atoms with Crippen molar-refractivity contribution >= 4 is 29.2 Å². The first-order valence-electron chi connectivity index (χ1n) is 12.7. The van der Waals surface area contributed by atoms with Gasteiger partial charge >= 0.3 is 0 Å². The minimum atomic E-state index is -0.510. The lowest BCUT2D eigenvalue weighted by molar-refractivity contribution is 0.0866. The van der Waals surface area contributed by atoms with Gasteiger partial charge in [-0.1, -0.05) is 30.3 Å². The molecule has 0 unspecified atom stereocenters. The molecule has 1 N–H and O–H groups in total. The molecule has 1 aromatic carbocycles. The molecule has 2 aliphatic heterocycles. The smallest absolute Gasteiger partial charge is 0.267 e. The number of aliphatic imine (C=N–C) groups is 1. The highest BCUT2D eigenvalue weighted by Crippen LogP contribution is 2.43. The van der Waals surface area contributed by atoms with E-state index in [-0.39, 0.29) is 18.0 Å². The molecule has 190 valence electrons. The van der Waals surface area contributed by atoms with Gasteiger partial charge in [0.2, 0.25) is 11.9 Å². The third-order valence-electron chi connectivity index (χ3n) is 7.49. The van der Waals surface area contributed by atoms with Gasteiger partial charge in [-0.25, -0.2) is 14.7 Å². The highest BCUT2D eigenvalue weighted by atomic mass is 19.1. The van der Waals surface area contributed by atoms with Crippen LogP contribution in [0.1, 0.15) is 35.2 Å². The van der Waals surface area contributed by atoms with Gasteiger partial charge in [-0.05, 0) is 49.1 Å². The number of pyridine rings is 2. The fourth-order valence-electron chi connectivity index (χ4n) is 5.64. The number of carbonyl (C=O) groups is 1. The first-order chi connectivity index (χ1) is 18.6. The number of nitrogens with zero attached hydrogens (tertiary/aromatic N) is 7. The number of fused-ring (bicyclic) bond motifs is 5. The predicted octanol–water partition coefficient (Wildman–Crippen LogP) is 4.45. The van der Waals surface area contributed by atoms with Gasteiger partial charge in [0, 0.05) is 30.7 Å².